The van der Waals surface area contributed by atoms with E-state index in [1.807, 2.05) is 23.1 Å². The molecule has 1 aromatic carbocycles. The van der Waals surface area contributed by atoms with Gasteiger partial charge in [-0.2, -0.15) is 0 Å². The second-order valence-corrected chi connectivity index (χ2v) is 6.98. The van der Waals surface area contributed by atoms with Crippen molar-refractivity contribution in [3.8, 4) is 0 Å². The molecule has 1 saturated heterocycles. The minimum absolute atomic E-state index is 0.00670. The number of pyridine rings is 1. The second-order valence-electron chi connectivity index (χ2n) is 6.58. The lowest BCUT2D eigenvalue weighted by atomic mass is 9.96. The number of aromatic nitrogens is 1. The second kappa shape index (κ2) is 9.33. The van der Waals surface area contributed by atoms with Crippen LogP contribution in [0.3, 0.4) is 0 Å². The molecule has 5 nitrogen and oxygen atoms in total. The van der Waals surface area contributed by atoms with Gasteiger partial charge < -0.3 is 10.2 Å². The minimum Gasteiger partial charge on any atom is -0.352 e. The number of nitrogens with one attached hydrogen (secondary N) is 1. The quantitative estimate of drug-likeness (QED) is 0.805. The highest BCUT2D eigenvalue weighted by molar-refractivity contribution is 6.32. The maximum Gasteiger partial charge on any atom is 0.252 e. The van der Waals surface area contributed by atoms with Crippen LogP contribution in [-0.4, -0.2) is 41.3 Å². The molecule has 1 aliphatic rings. The molecule has 1 N–H and O–H groups in total. The summed E-state index contributed by atoms with van der Waals surface area (Å²) in [6.45, 7) is 2.00. The number of carbonyl (C=O) groups excluding carboxylic acids is 2. The molecule has 0 unspecified atom stereocenters. The molecule has 0 atom stereocenters. The van der Waals surface area contributed by atoms with Gasteiger partial charge in [0.2, 0.25) is 5.91 Å². The molecule has 140 valence electrons. The fourth-order valence-electron chi connectivity index (χ4n) is 3.07. The molecule has 0 spiro atoms. The summed E-state index contributed by atoms with van der Waals surface area (Å²) < 4.78 is 0. The number of amides is 2. The topological polar surface area (TPSA) is 62.3 Å². The number of halogens is 1. The zero-order valence-electron chi connectivity index (χ0n) is 15.0. The Labute approximate surface area is 164 Å². The first-order valence-corrected chi connectivity index (χ1v) is 9.41. The summed E-state index contributed by atoms with van der Waals surface area (Å²) in [7, 11) is 0. The molecule has 0 saturated carbocycles. The summed E-state index contributed by atoms with van der Waals surface area (Å²) in [5.41, 5.74) is 1.40. The van der Waals surface area contributed by atoms with Crippen molar-refractivity contribution in [2.75, 3.05) is 19.6 Å². The molecule has 2 heterocycles. The predicted octanol–water partition coefficient (Wildman–Crippen LogP) is 3.42. The van der Waals surface area contributed by atoms with Crippen LogP contribution in [0.2, 0.25) is 5.02 Å². The molecular formula is C21H22ClN3O2. The highest BCUT2D eigenvalue weighted by Crippen LogP contribution is 2.19. The monoisotopic (exact) mass is 383 g/mol. The van der Waals surface area contributed by atoms with Gasteiger partial charge in [-0.05, 0) is 48.6 Å². The average Bonchev–Trinajstić information content (AvgIpc) is 2.72. The van der Waals surface area contributed by atoms with Crippen LogP contribution < -0.4 is 5.32 Å². The van der Waals surface area contributed by atoms with E-state index in [1.165, 1.54) is 0 Å². The summed E-state index contributed by atoms with van der Waals surface area (Å²) in [6.07, 6.45) is 8.28. The van der Waals surface area contributed by atoms with Crippen molar-refractivity contribution >= 4 is 29.5 Å². The lowest BCUT2D eigenvalue weighted by molar-refractivity contribution is -0.127. The highest BCUT2D eigenvalue weighted by atomic mass is 35.5. The highest BCUT2D eigenvalue weighted by Gasteiger charge is 2.22. The molecule has 27 heavy (non-hydrogen) atoms. The number of piperidine rings is 1. The Hall–Kier alpha value is -2.66. The molecule has 6 heteroatoms. The van der Waals surface area contributed by atoms with E-state index in [9.17, 15) is 9.59 Å². The molecule has 1 aromatic heterocycles. The van der Waals surface area contributed by atoms with Gasteiger partial charge in [-0.3, -0.25) is 14.6 Å². The van der Waals surface area contributed by atoms with Gasteiger partial charge in [0.1, 0.15) is 0 Å². The average molecular weight is 384 g/mol. The van der Waals surface area contributed by atoms with Crippen LogP contribution in [0.15, 0.2) is 54.9 Å². The number of nitrogens with zero attached hydrogens (tertiary/aromatic N) is 2. The number of rotatable bonds is 5. The molecule has 2 aromatic rings. The fraction of sp³-hybridized carbons (Fsp3) is 0.286. The minimum atomic E-state index is -0.107. The Balaban J connectivity index is 1.44. The van der Waals surface area contributed by atoms with Crippen molar-refractivity contribution < 1.29 is 9.59 Å². The van der Waals surface area contributed by atoms with E-state index in [0.29, 0.717) is 36.1 Å². The van der Waals surface area contributed by atoms with Crippen molar-refractivity contribution in [2.45, 2.75) is 12.8 Å². The summed E-state index contributed by atoms with van der Waals surface area (Å²) in [5, 5.41) is 3.58. The smallest absolute Gasteiger partial charge is 0.252 e. The van der Waals surface area contributed by atoms with Crippen LogP contribution in [0.4, 0.5) is 0 Å². The Morgan fingerprint density at radius 3 is 2.67 bits per heavy atom. The van der Waals surface area contributed by atoms with Crippen LogP contribution in [0.25, 0.3) is 6.08 Å². The predicted molar refractivity (Wildman–Crippen MR) is 106 cm³/mol. The number of benzene rings is 1. The summed E-state index contributed by atoms with van der Waals surface area (Å²) in [4.78, 5) is 30.2. The Morgan fingerprint density at radius 1 is 1.19 bits per heavy atom. The van der Waals surface area contributed by atoms with Crippen molar-refractivity contribution in [3.05, 3.63) is 71.0 Å². The van der Waals surface area contributed by atoms with E-state index in [2.05, 4.69) is 10.3 Å². The van der Waals surface area contributed by atoms with Crippen molar-refractivity contribution in [1.82, 2.24) is 15.2 Å². The third kappa shape index (κ3) is 5.41. The van der Waals surface area contributed by atoms with E-state index >= 15 is 0 Å². The SMILES string of the molecule is O=C(NCC1CCN(C(=O)/C=C/c2ccccc2Cl)CC1)c1cccnc1. The zero-order chi connectivity index (χ0) is 19.1. The molecule has 3 rings (SSSR count). The first-order valence-electron chi connectivity index (χ1n) is 9.03. The van der Waals surface area contributed by atoms with Gasteiger partial charge in [0, 0.05) is 43.1 Å². The molecule has 0 bridgehead atoms. The first-order chi connectivity index (χ1) is 13.1. The van der Waals surface area contributed by atoms with E-state index in [4.69, 9.17) is 11.6 Å². The number of carbonyl (C=O) groups is 2. The molecule has 0 aliphatic carbocycles. The van der Waals surface area contributed by atoms with Gasteiger partial charge in [-0.15, -0.1) is 0 Å². The van der Waals surface area contributed by atoms with Gasteiger partial charge in [0.05, 0.1) is 5.56 Å². The van der Waals surface area contributed by atoms with Gasteiger partial charge in [0.15, 0.2) is 0 Å². The van der Waals surface area contributed by atoms with Crippen LogP contribution in [-0.2, 0) is 4.79 Å². The van der Waals surface area contributed by atoms with Gasteiger partial charge in [0.25, 0.3) is 5.91 Å². The zero-order valence-corrected chi connectivity index (χ0v) is 15.7. The van der Waals surface area contributed by atoms with Crippen LogP contribution >= 0.6 is 11.6 Å². The summed E-state index contributed by atoms with van der Waals surface area (Å²) in [5.74, 6) is 0.263. The standard InChI is InChI=1S/C21H22ClN3O2/c22-19-6-2-1-4-17(19)7-8-20(26)25-12-9-16(10-13-25)14-24-21(27)18-5-3-11-23-15-18/h1-8,11,15-16H,9-10,12-14H2,(H,24,27)/b8-7+. The van der Waals surface area contributed by atoms with Crippen molar-refractivity contribution in [3.63, 3.8) is 0 Å². The largest absolute Gasteiger partial charge is 0.352 e. The molecule has 2 amide bonds. The van der Waals surface area contributed by atoms with Gasteiger partial charge in [-0.1, -0.05) is 29.8 Å². The lowest BCUT2D eigenvalue weighted by Gasteiger charge is -2.31. The third-order valence-corrected chi connectivity index (χ3v) is 5.06. The summed E-state index contributed by atoms with van der Waals surface area (Å²) >= 11 is 6.10. The van der Waals surface area contributed by atoms with E-state index in [1.54, 1.807) is 42.7 Å². The van der Waals surface area contributed by atoms with E-state index < -0.39 is 0 Å². The molecular weight excluding hydrogens is 362 g/mol. The van der Waals surface area contributed by atoms with Crippen molar-refractivity contribution in [1.29, 1.82) is 0 Å². The number of hydrogen-bond donors (Lipinski definition) is 1. The number of hydrogen-bond acceptors (Lipinski definition) is 3. The molecule has 1 fully saturated rings. The van der Waals surface area contributed by atoms with E-state index in [0.717, 1.165) is 18.4 Å². The maximum absolute atomic E-state index is 12.4. The Morgan fingerprint density at radius 2 is 1.96 bits per heavy atom. The van der Waals surface area contributed by atoms with Crippen LogP contribution in [0.1, 0.15) is 28.8 Å². The van der Waals surface area contributed by atoms with Crippen LogP contribution in [0.5, 0.6) is 0 Å². The molecule has 0 radical (unpaired) electrons. The van der Waals surface area contributed by atoms with Gasteiger partial charge >= 0.3 is 0 Å². The van der Waals surface area contributed by atoms with Crippen molar-refractivity contribution in [2.24, 2.45) is 5.92 Å². The fourth-order valence-corrected chi connectivity index (χ4v) is 3.27. The van der Waals surface area contributed by atoms with Gasteiger partial charge in [-0.25, -0.2) is 0 Å². The van der Waals surface area contributed by atoms with E-state index in [-0.39, 0.29) is 11.8 Å². The summed E-state index contributed by atoms with van der Waals surface area (Å²) in [6, 6.07) is 10.9. The molecule has 1 aliphatic heterocycles. The first kappa shape index (κ1) is 19.1. The van der Waals surface area contributed by atoms with Crippen LogP contribution in [0, 0.1) is 5.92 Å². The lowest BCUT2D eigenvalue weighted by Crippen LogP contribution is -2.41. The number of likely N-dealkylation sites (tertiary alicyclic amines) is 1. The third-order valence-electron chi connectivity index (χ3n) is 4.71. The maximum atomic E-state index is 12.4. The normalized spacial score (nSPS) is 15.1. The Bertz CT molecular complexity index is 815. The Kier molecular flexibility index (Phi) is 6.60.